The topological polar surface area (TPSA) is 83.9 Å². The van der Waals surface area contributed by atoms with Gasteiger partial charge in [0.25, 0.3) is 0 Å². The number of amides is 1. The number of ketones is 1. The number of Topliss-reactive ketones (excluding diaryl/α,β-unsaturated/α-hetero) is 1. The maximum Gasteiger partial charge on any atom is 0.410 e. The third-order valence-electron chi connectivity index (χ3n) is 6.90. The summed E-state index contributed by atoms with van der Waals surface area (Å²) >= 11 is 0. The molecule has 4 rings (SSSR count). The first-order valence-corrected chi connectivity index (χ1v) is 12.0. The lowest BCUT2D eigenvalue weighted by atomic mass is 9.85. The second kappa shape index (κ2) is 11.0. The Hall–Kier alpha value is -3.29. The molecular weight excluding hydrogens is 456 g/mol. The molecule has 1 fully saturated rings. The summed E-state index contributed by atoms with van der Waals surface area (Å²) in [7, 11) is 0. The van der Waals surface area contributed by atoms with E-state index in [-0.39, 0.29) is 48.7 Å². The number of aliphatic carboxylic acids is 1. The second-order valence-electron chi connectivity index (χ2n) is 9.49. The van der Waals surface area contributed by atoms with Crippen molar-refractivity contribution >= 4 is 17.8 Å². The number of carbonyl (C=O) groups is 3. The normalized spacial score (nSPS) is 19.7. The largest absolute Gasteiger partial charge is 0.481 e. The number of halogens is 2. The van der Waals surface area contributed by atoms with Crippen LogP contribution >= 0.6 is 0 Å². The molecule has 0 atom stereocenters. The Morgan fingerprint density at radius 1 is 0.971 bits per heavy atom. The van der Waals surface area contributed by atoms with Crippen molar-refractivity contribution in [1.82, 2.24) is 4.90 Å². The Kier molecular flexibility index (Phi) is 7.78. The molecule has 2 aromatic rings. The number of nitrogens with zero attached hydrogens (tertiary/aromatic N) is 1. The summed E-state index contributed by atoms with van der Waals surface area (Å²) in [6.45, 7) is 0.912. The molecule has 6 nitrogen and oxygen atoms in total. The lowest BCUT2D eigenvalue weighted by molar-refractivity contribution is -0.138. The molecule has 1 amide bonds. The quantitative estimate of drug-likeness (QED) is 0.606. The number of hydrogen-bond acceptors (Lipinski definition) is 4. The van der Waals surface area contributed by atoms with Crippen molar-refractivity contribution in [1.29, 1.82) is 0 Å². The lowest BCUT2D eigenvalue weighted by Gasteiger charge is -2.32. The highest BCUT2D eigenvalue weighted by Gasteiger charge is 2.28. The van der Waals surface area contributed by atoms with Gasteiger partial charge in [-0.3, -0.25) is 9.59 Å². The molecule has 0 aromatic heterocycles. The molecule has 1 saturated carbocycles. The highest BCUT2D eigenvalue weighted by atomic mass is 19.1. The van der Waals surface area contributed by atoms with Crippen molar-refractivity contribution in [3.8, 4) is 0 Å². The molecule has 1 heterocycles. The van der Waals surface area contributed by atoms with E-state index in [2.05, 4.69) is 0 Å². The van der Waals surface area contributed by atoms with Gasteiger partial charge >= 0.3 is 12.1 Å². The van der Waals surface area contributed by atoms with Crippen molar-refractivity contribution in [2.75, 3.05) is 6.54 Å². The van der Waals surface area contributed by atoms with E-state index < -0.39 is 17.6 Å². The molecule has 1 N–H and O–H groups in total. The Morgan fingerprint density at radius 2 is 1.69 bits per heavy atom. The first-order valence-electron chi connectivity index (χ1n) is 12.0. The predicted molar refractivity (Wildman–Crippen MR) is 124 cm³/mol. The number of carboxylic acids is 1. The fourth-order valence-electron chi connectivity index (χ4n) is 4.98. The van der Waals surface area contributed by atoms with Crippen molar-refractivity contribution < 1.29 is 33.0 Å². The molecule has 0 bridgehead atoms. The minimum Gasteiger partial charge on any atom is -0.481 e. The fourth-order valence-corrected chi connectivity index (χ4v) is 4.98. The van der Waals surface area contributed by atoms with E-state index >= 15 is 0 Å². The smallest absolute Gasteiger partial charge is 0.410 e. The summed E-state index contributed by atoms with van der Waals surface area (Å²) in [6, 6.07) is 9.19. The molecular formula is C27H29F2NO5. The summed E-state index contributed by atoms with van der Waals surface area (Å²) < 4.78 is 33.3. The molecule has 2 aromatic carbocycles. The van der Waals surface area contributed by atoms with Gasteiger partial charge in [0.1, 0.15) is 23.5 Å². The first-order chi connectivity index (χ1) is 16.8. The number of carbonyl (C=O) groups excluding carboxylic acids is 2. The van der Waals surface area contributed by atoms with Crippen LogP contribution in [0.15, 0.2) is 36.4 Å². The molecule has 1 aliphatic carbocycles. The van der Waals surface area contributed by atoms with Crippen LogP contribution in [0, 0.1) is 17.6 Å². The third kappa shape index (κ3) is 6.44. The summed E-state index contributed by atoms with van der Waals surface area (Å²) in [5.74, 6) is -2.35. The van der Waals surface area contributed by atoms with Gasteiger partial charge < -0.3 is 14.7 Å². The maximum atomic E-state index is 13.8. The van der Waals surface area contributed by atoms with Crippen molar-refractivity contribution in [2.45, 2.75) is 64.0 Å². The Morgan fingerprint density at radius 3 is 2.37 bits per heavy atom. The van der Waals surface area contributed by atoms with Crippen molar-refractivity contribution in [3.05, 3.63) is 70.3 Å². The molecule has 2 aliphatic rings. The maximum absolute atomic E-state index is 13.8. The van der Waals surface area contributed by atoms with Crippen LogP contribution in [0.25, 0.3) is 0 Å². The summed E-state index contributed by atoms with van der Waals surface area (Å²) in [5.41, 5.74) is 2.60. The Bertz CT molecular complexity index is 1090. The lowest BCUT2D eigenvalue weighted by Crippen LogP contribution is -2.39. The number of ether oxygens (including phenoxy) is 1. The number of rotatable bonds is 7. The highest BCUT2D eigenvalue weighted by molar-refractivity contribution is 5.83. The van der Waals surface area contributed by atoms with Gasteiger partial charge in [0.05, 0.1) is 0 Å². The van der Waals surface area contributed by atoms with Crippen molar-refractivity contribution in [2.24, 2.45) is 5.92 Å². The Labute approximate surface area is 202 Å². The van der Waals surface area contributed by atoms with Gasteiger partial charge in [-0.25, -0.2) is 13.6 Å². The van der Waals surface area contributed by atoms with E-state index in [1.807, 2.05) is 18.2 Å². The molecule has 35 heavy (non-hydrogen) atoms. The Balaban J connectivity index is 1.29. The summed E-state index contributed by atoms with van der Waals surface area (Å²) in [4.78, 5) is 37.6. The average Bonchev–Trinajstić information content (AvgIpc) is 2.82. The van der Waals surface area contributed by atoms with Crippen LogP contribution < -0.4 is 0 Å². The highest BCUT2D eigenvalue weighted by Crippen LogP contribution is 2.29. The van der Waals surface area contributed by atoms with Crippen LogP contribution in [0.1, 0.15) is 54.4 Å². The molecule has 186 valence electrons. The summed E-state index contributed by atoms with van der Waals surface area (Å²) in [5, 5.41) is 8.93. The van der Waals surface area contributed by atoms with Crippen LogP contribution in [-0.4, -0.2) is 40.5 Å². The zero-order valence-corrected chi connectivity index (χ0v) is 19.5. The van der Waals surface area contributed by atoms with Gasteiger partial charge in [0, 0.05) is 37.9 Å². The van der Waals surface area contributed by atoms with E-state index in [9.17, 15) is 23.2 Å². The van der Waals surface area contributed by atoms with Crippen LogP contribution in [0.3, 0.4) is 0 Å². The van der Waals surface area contributed by atoms with Gasteiger partial charge in [0.2, 0.25) is 0 Å². The van der Waals surface area contributed by atoms with Gasteiger partial charge in [-0.15, -0.1) is 0 Å². The third-order valence-corrected chi connectivity index (χ3v) is 6.90. The van der Waals surface area contributed by atoms with Crippen LogP contribution in [-0.2, 0) is 40.1 Å². The number of benzene rings is 2. The molecule has 0 saturated heterocycles. The minimum absolute atomic E-state index is 0.0807. The molecule has 1 aliphatic heterocycles. The van der Waals surface area contributed by atoms with E-state index in [4.69, 9.17) is 9.84 Å². The summed E-state index contributed by atoms with van der Waals surface area (Å²) in [6.07, 6.45) is 2.90. The van der Waals surface area contributed by atoms with Crippen LogP contribution in [0.4, 0.5) is 13.6 Å². The van der Waals surface area contributed by atoms with Crippen LogP contribution in [0.2, 0.25) is 0 Å². The van der Waals surface area contributed by atoms with Crippen LogP contribution in [0.5, 0.6) is 0 Å². The second-order valence-corrected chi connectivity index (χ2v) is 9.49. The van der Waals surface area contributed by atoms with E-state index in [1.165, 1.54) is 6.07 Å². The standard InChI is InChI=1S/C27H29F2NO5/c28-24-2-1-3-25(29)23(24)15-21(31)13-18-4-7-20-16-30(11-10-19(20)12-18)27(34)35-22-8-5-17(6-9-22)14-26(32)33/h1-4,7,12,17,22H,5-6,8-11,13-16H2,(H,32,33). The molecule has 0 radical (unpaired) electrons. The van der Waals surface area contributed by atoms with Crippen molar-refractivity contribution in [3.63, 3.8) is 0 Å². The number of carboxylic acid groups (broad SMARTS) is 1. The predicted octanol–water partition coefficient (Wildman–Crippen LogP) is 4.85. The van der Waals surface area contributed by atoms with Gasteiger partial charge in [-0.1, -0.05) is 24.3 Å². The van der Waals surface area contributed by atoms with E-state index in [0.29, 0.717) is 32.4 Å². The fraction of sp³-hybridized carbons (Fsp3) is 0.444. The van der Waals surface area contributed by atoms with Gasteiger partial charge in [-0.05, 0) is 66.8 Å². The zero-order chi connectivity index (χ0) is 24.9. The number of fused-ring (bicyclic) bond motifs is 1. The monoisotopic (exact) mass is 485 g/mol. The molecule has 8 heteroatoms. The average molecular weight is 486 g/mol. The SMILES string of the molecule is O=C(O)CC1CCC(OC(=O)N2CCc3cc(CC(=O)Cc4c(F)cccc4F)ccc3C2)CC1. The first kappa shape index (κ1) is 24.8. The van der Waals surface area contributed by atoms with E-state index in [0.717, 1.165) is 41.7 Å². The van der Waals surface area contributed by atoms with Gasteiger partial charge in [0.15, 0.2) is 0 Å². The van der Waals surface area contributed by atoms with E-state index in [1.54, 1.807) is 4.90 Å². The zero-order valence-electron chi connectivity index (χ0n) is 19.5. The van der Waals surface area contributed by atoms with Gasteiger partial charge in [-0.2, -0.15) is 0 Å². The molecule has 0 spiro atoms. The molecule has 0 unspecified atom stereocenters. The number of hydrogen-bond donors (Lipinski definition) is 1. The minimum atomic E-state index is -0.788.